The standard InChI is InChI=1S/C18H21N3O2S/c1-19-18-21-17-16(24-18)14(10-15(22)20-17)11-6-8-13(9-7-11)23-12-4-2-3-5-12/h6-9,12,14H,2-5,10H2,1H3,(H,19,21)(H,20,22). The molecule has 126 valence electrons. The van der Waals surface area contributed by atoms with Crippen LogP contribution in [0, 0.1) is 0 Å². The number of amides is 1. The molecule has 1 aromatic carbocycles. The highest BCUT2D eigenvalue weighted by molar-refractivity contribution is 7.16. The summed E-state index contributed by atoms with van der Waals surface area (Å²) in [6.07, 6.45) is 5.66. The lowest BCUT2D eigenvalue weighted by Gasteiger charge is -2.22. The van der Waals surface area contributed by atoms with Gasteiger partial charge in [-0.2, -0.15) is 0 Å². The Morgan fingerprint density at radius 1 is 1.25 bits per heavy atom. The van der Waals surface area contributed by atoms with Crippen LogP contribution in [0.3, 0.4) is 0 Å². The number of hydrogen-bond donors (Lipinski definition) is 2. The summed E-state index contributed by atoms with van der Waals surface area (Å²) >= 11 is 1.60. The fraction of sp³-hybridized carbons (Fsp3) is 0.444. The Morgan fingerprint density at radius 2 is 2.00 bits per heavy atom. The minimum absolute atomic E-state index is 0.0201. The van der Waals surface area contributed by atoms with Gasteiger partial charge >= 0.3 is 0 Å². The molecule has 2 aliphatic rings. The second kappa shape index (κ2) is 6.43. The Morgan fingerprint density at radius 3 is 2.71 bits per heavy atom. The SMILES string of the molecule is CNc1nc2c(s1)C(c1ccc(OC3CCCC3)cc1)CC(=O)N2. The van der Waals surface area contributed by atoms with Crippen molar-refractivity contribution in [2.75, 3.05) is 17.7 Å². The van der Waals surface area contributed by atoms with Crippen molar-refractivity contribution in [2.24, 2.45) is 0 Å². The molecule has 1 unspecified atom stereocenters. The average Bonchev–Trinajstić information content (AvgIpc) is 3.24. The van der Waals surface area contributed by atoms with Gasteiger partial charge in [0.25, 0.3) is 0 Å². The number of carbonyl (C=O) groups is 1. The van der Waals surface area contributed by atoms with Crippen molar-refractivity contribution in [2.45, 2.75) is 44.1 Å². The van der Waals surface area contributed by atoms with Crippen molar-refractivity contribution >= 4 is 28.2 Å². The molecule has 1 atom stereocenters. The third-order valence-electron chi connectivity index (χ3n) is 4.72. The van der Waals surface area contributed by atoms with Gasteiger partial charge in [-0.15, -0.1) is 0 Å². The number of rotatable bonds is 4. The molecule has 1 fully saturated rings. The highest BCUT2D eigenvalue weighted by Gasteiger charge is 2.30. The van der Waals surface area contributed by atoms with Crippen LogP contribution in [0.2, 0.25) is 0 Å². The lowest BCUT2D eigenvalue weighted by atomic mass is 9.91. The zero-order chi connectivity index (χ0) is 16.5. The molecule has 0 saturated heterocycles. The first kappa shape index (κ1) is 15.4. The minimum Gasteiger partial charge on any atom is -0.490 e. The molecule has 0 spiro atoms. The van der Waals surface area contributed by atoms with E-state index in [2.05, 4.69) is 27.8 Å². The quantitative estimate of drug-likeness (QED) is 0.881. The van der Waals surface area contributed by atoms with E-state index in [1.54, 1.807) is 11.3 Å². The Hall–Kier alpha value is -2.08. The molecule has 6 heteroatoms. The fourth-order valence-electron chi connectivity index (χ4n) is 3.47. The largest absolute Gasteiger partial charge is 0.490 e. The number of thiazole rings is 1. The molecule has 1 aliphatic heterocycles. The molecule has 0 radical (unpaired) electrons. The van der Waals surface area contributed by atoms with Crippen molar-refractivity contribution in [3.05, 3.63) is 34.7 Å². The van der Waals surface area contributed by atoms with Crippen molar-refractivity contribution in [1.29, 1.82) is 0 Å². The summed E-state index contributed by atoms with van der Waals surface area (Å²) < 4.78 is 6.03. The van der Waals surface area contributed by atoms with Gasteiger partial charge in [-0.05, 0) is 43.4 Å². The molecule has 2 heterocycles. The summed E-state index contributed by atoms with van der Waals surface area (Å²) in [4.78, 5) is 17.6. The summed E-state index contributed by atoms with van der Waals surface area (Å²) in [7, 11) is 1.84. The molecular weight excluding hydrogens is 322 g/mol. The van der Waals surface area contributed by atoms with Gasteiger partial charge in [0.1, 0.15) is 11.6 Å². The zero-order valence-corrected chi connectivity index (χ0v) is 14.5. The first-order chi connectivity index (χ1) is 11.7. The van der Waals surface area contributed by atoms with Gasteiger partial charge in [0.2, 0.25) is 5.91 Å². The lowest BCUT2D eigenvalue weighted by molar-refractivity contribution is -0.116. The zero-order valence-electron chi connectivity index (χ0n) is 13.7. The second-order valence-corrected chi connectivity index (χ2v) is 7.41. The van der Waals surface area contributed by atoms with Gasteiger partial charge in [-0.3, -0.25) is 4.79 Å². The van der Waals surface area contributed by atoms with Crippen LogP contribution in [0.5, 0.6) is 5.75 Å². The highest BCUT2D eigenvalue weighted by atomic mass is 32.1. The Labute approximate surface area is 145 Å². The molecule has 4 rings (SSSR count). The molecule has 0 bridgehead atoms. The number of fused-ring (bicyclic) bond motifs is 1. The van der Waals surface area contributed by atoms with Gasteiger partial charge in [0.05, 0.1) is 11.0 Å². The molecule has 1 aromatic heterocycles. The predicted octanol–water partition coefficient (Wildman–Crippen LogP) is 3.98. The van der Waals surface area contributed by atoms with Gasteiger partial charge in [0, 0.05) is 19.4 Å². The van der Waals surface area contributed by atoms with E-state index in [0.29, 0.717) is 18.3 Å². The normalized spacial score (nSPS) is 20.5. The van der Waals surface area contributed by atoms with Crippen LogP contribution in [0.15, 0.2) is 24.3 Å². The second-order valence-electron chi connectivity index (χ2n) is 6.38. The van der Waals surface area contributed by atoms with Crippen LogP contribution in [0.25, 0.3) is 0 Å². The molecular formula is C18H21N3O2S. The van der Waals surface area contributed by atoms with Crippen LogP contribution < -0.4 is 15.4 Å². The number of carbonyl (C=O) groups excluding carboxylic acids is 1. The monoisotopic (exact) mass is 343 g/mol. The summed E-state index contributed by atoms with van der Waals surface area (Å²) in [6, 6.07) is 8.21. The average molecular weight is 343 g/mol. The Kier molecular flexibility index (Phi) is 4.14. The molecule has 2 N–H and O–H groups in total. The van der Waals surface area contributed by atoms with Crippen molar-refractivity contribution in [3.63, 3.8) is 0 Å². The smallest absolute Gasteiger partial charge is 0.226 e. The number of nitrogens with zero attached hydrogens (tertiary/aromatic N) is 1. The summed E-state index contributed by atoms with van der Waals surface area (Å²) in [5.74, 6) is 1.70. The maximum atomic E-state index is 12.0. The van der Waals surface area contributed by atoms with Gasteiger partial charge in [-0.25, -0.2) is 4.98 Å². The Balaban J connectivity index is 1.57. The minimum atomic E-state index is 0.0201. The predicted molar refractivity (Wildman–Crippen MR) is 96.1 cm³/mol. The van der Waals surface area contributed by atoms with Crippen molar-refractivity contribution in [3.8, 4) is 5.75 Å². The maximum Gasteiger partial charge on any atom is 0.226 e. The van der Waals surface area contributed by atoms with E-state index in [0.717, 1.165) is 34.2 Å². The number of ether oxygens (including phenoxy) is 1. The lowest BCUT2D eigenvalue weighted by Crippen LogP contribution is -2.22. The maximum absolute atomic E-state index is 12.0. The molecule has 1 amide bonds. The molecule has 1 saturated carbocycles. The highest BCUT2D eigenvalue weighted by Crippen LogP contribution is 2.42. The third-order valence-corrected chi connectivity index (χ3v) is 5.91. The Bertz CT molecular complexity index is 735. The summed E-state index contributed by atoms with van der Waals surface area (Å²) in [5.41, 5.74) is 1.14. The van der Waals surface area contributed by atoms with Crippen LogP contribution in [-0.4, -0.2) is 24.0 Å². The van der Waals surface area contributed by atoms with E-state index < -0.39 is 0 Å². The van der Waals surface area contributed by atoms with E-state index >= 15 is 0 Å². The molecule has 5 nitrogen and oxygen atoms in total. The van der Waals surface area contributed by atoms with Gasteiger partial charge in [0.15, 0.2) is 5.13 Å². The number of aromatic nitrogens is 1. The third kappa shape index (κ3) is 2.98. The molecule has 1 aliphatic carbocycles. The number of anilines is 2. The van der Waals surface area contributed by atoms with E-state index in [-0.39, 0.29) is 11.8 Å². The topological polar surface area (TPSA) is 63.3 Å². The summed E-state index contributed by atoms with van der Waals surface area (Å²) in [5, 5.41) is 6.75. The van der Waals surface area contributed by atoms with Crippen LogP contribution in [0.1, 0.15) is 48.5 Å². The number of nitrogens with one attached hydrogen (secondary N) is 2. The van der Waals surface area contributed by atoms with E-state index in [1.807, 2.05) is 19.2 Å². The van der Waals surface area contributed by atoms with E-state index in [4.69, 9.17) is 4.74 Å². The molecule has 24 heavy (non-hydrogen) atoms. The first-order valence-electron chi connectivity index (χ1n) is 8.48. The van der Waals surface area contributed by atoms with E-state index in [1.165, 1.54) is 12.8 Å². The van der Waals surface area contributed by atoms with E-state index in [9.17, 15) is 4.79 Å². The van der Waals surface area contributed by atoms with Gasteiger partial charge < -0.3 is 15.4 Å². The van der Waals surface area contributed by atoms with Gasteiger partial charge in [-0.1, -0.05) is 23.5 Å². The van der Waals surface area contributed by atoms with Crippen LogP contribution in [0.4, 0.5) is 10.9 Å². The van der Waals surface area contributed by atoms with Crippen LogP contribution in [-0.2, 0) is 4.79 Å². The fourth-order valence-corrected chi connectivity index (χ4v) is 4.47. The summed E-state index contributed by atoms with van der Waals surface area (Å²) in [6.45, 7) is 0. The number of hydrogen-bond acceptors (Lipinski definition) is 5. The first-order valence-corrected chi connectivity index (χ1v) is 9.29. The van der Waals surface area contributed by atoms with Crippen molar-refractivity contribution in [1.82, 2.24) is 4.98 Å². The van der Waals surface area contributed by atoms with Crippen LogP contribution >= 0.6 is 11.3 Å². The van der Waals surface area contributed by atoms with Crippen molar-refractivity contribution < 1.29 is 9.53 Å². The number of benzene rings is 1. The molecule has 2 aromatic rings.